The maximum atomic E-state index is 13.7. The highest BCUT2D eigenvalue weighted by Crippen LogP contribution is 2.33. The number of nitrogens with zero attached hydrogens (tertiary/aromatic N) is 1. The molecule has 0 aromatic heterocycles. The summed E-state index contributed by atoms with van der Waals surface area (Å²) in [6.07, 6.45) is 0.345. The van der Waals surface area contributed by atoms with Crippen LogP contribution in [0.3, 0.4) is 0 Å². The van der Waals surface area contributed by atoms with E-state index in [2.05, 4.69) is 5.32 Å². The van der Waals surface area contributed by atoms with E-state index in [1.54, 1.807) is 32.6 Å². The molecular weight excluding hydrogens is 330 g/mol. The van der Waals surface area contributed by atoms with Gasteiger partial charge in [-0.05, 0) is 45.7 Å². The van der Waals surface area contributed by atoms with Crippen LogP contribution >= 0.6 is 0 Å². The molecule has 0 aliphatic carbocycles. The van der Waals surface area contributed by atoms with Crippen molar-refractivity contribution in [3.63, 3.8) is 0 Å². The average Bonchev–Trinajstić information content (AvgIpc) is 2.49. The fourth-order valence-corrected chi connectivity index (χ4v) is 2.62. The minimum Gasteiger partial charge on any atom is -0.444 e. The molecule has 1 aliphatic heterocycles. The molecule has 1 saturated heterocycles. The molecule has 1 fully saturated rings. The molecule has 5 nitrogen and oxygen atoms in total. The fourth-order valence-electron chi connectivity index (χ4n) is 2.62. The van der Waals surface area contributed by atoms with Crippen LogP contribution in [0.5, 0.6) is 0 Å². The van der Waals surface area contributed by atoms with E-state index in [0.717, 1.165) is 12.1 Å². The minimum atomic E-state index is -0.817. The number of piperidine rings is 1. The summed E-state index contributed by atoms with van der Waals surface area (Å²) in [6, 6.07) is 3.42. The fraction of sp³-hybridized carbons (Fsp3) is 0.556. The number of halogens is 2. The zero-order valence-electron chi connectivity index (χ0n) is 15.0. The Morgan fingerprint density at radius 3 is 2.16 bits per heavy atom. The molecule has 2 amide bonds. The molecule has 138 valence electrons. The Kier molecular flexibility index (Phi) is 5.34. The lowest BCUT2D eigenvalue weighted by Gasteiger charge is -2.38. The maximum absolute atomic E-state index is 13.7. The highest BCUT2D eigenvalue weighted by Gasteiger charge is 2.39. The molecule has 2 rings (SSSR count). The van der Waals surface area contributed by atoms with E-state index >= 15 is 0 Å². The van der Waals surface area contributed by atoms with Gasteiger partial charge >= 0.3 is 6.09 Å². The maximum Gasteiger partial charge on any atom is 0.410 e. The molecule has 7 heteroatoms. The Labute approximate surface area is 146 Å². The van der Waals surface area contributed by atoms with Crippen molar-refractivity contribution in [3.05, 3.63) is 29.8 Å². The number of carbonyl (C=O) groups excluding carboxylic acids is 2. The summed E-state index contributed by atoms with van der Waals surface area (Å²) >= 11 is 0. The van der Waals surface area contributed by atoms with Crippen LogP contribution in [0.4, 0.5) is 19.3 Å². The molecular formula is C18H24F2N2O3. The Hall–Kier alpha value is -2.18. The van der Waals surface area contributed by atoms with Gasteiger partial charge in [0, 0.05) is 13.1 Å². The van der Waals surface area contributed by atoms with Crippen LogP contribution in [0.25, 0.3) is 0 Å². The summed E-state index contributed by atoms with van der Waals surface area (Å²) in [5, 5.41) is 2.35. The van der Waals surface area contributed by atoms with Crippen LogP contribution in [-0.2, 0) is 9.53 Å². The average molecular weight is 354 g/mol. The Bertz CT molecular complexity index is 643. The predicted molar refractivity (Wildman–Crippen MR) is 90.1 cm³/mol. The number of amides is 2. The molecule has 0 bridgehead atoms. The van der Waals surface area contributed by atoms with Gasteiger partial charge in [0.05, 0.1) is 5.41 Å². The molecule has 0 unspecified atom stereocenters. The zero-order chi connectivity index (χ0) is 18.8. The molecule has 25 heavy (non-hydrogen) atoms. The van der Waals surface area contributed by atoms with E-state index < -0.39 is 40.3 Å². The first-order valence-corrected chi connectivity index (χ1v) is 8.25. The van der Waals surface area contributed by atoms with E-state index in [1.807, 2.05) is 0 Å². The van der Waals surface area contributed by atoms with Crippen LogP contribution in [0.15, 0.2) is 18.2 Å². The number of rotatable bonds is 2. The van der Waals surface area contributed by atoms with Gasteiger partial charge < -0.3 is 15.0 Å². The number of para-hydroxylation sites is 1. The van der Waals surface area contributed by atoms with Gasteiger partial charge in [-0.25, -0.2) is 13.6 Å². The third-order valence-corrected chi connectivity index (χ3v) is 4.27. The van der Waals surface area contributed by atoms with E-state index in [9.17, 15) is 18.4 Å². The van der Waals surface area contributed by atoms with E-state index in [4.69, 9.17) is 4.74 Å². The lowest BCUT2D eigenvalue weighted by molar-refractivity contribution is -0.127. The van der Waals surface area contributed by atoms with E-state index in [0.29, 0.717) is 25.9 Å². The van der Waals surface area contributed by atoms with Gasteiger partial charge in [0.25, 0.3) is 0 Å². The Morgan fingerprint density at radius 2 is 1.68 bits per heavy atom. The second-order valence-corrected chi connectivity index (χ2v) is 7.58. The lowest BCUT2D eigenvalue weighted by atomic mass is 9.79. The van der Waals surface area contributed by atoms with Gasteiger partial charge in [-0.2, -0.15) is 0 Å². The highest BCUT2D eigenvalue weighted by atomic mass is 19.1. The van der Waals surface area contributed by atoms with Crippen molar-refractivity contribution in [2.24, 2.45) is 5.41 Å². The quantitative estimate of drug-likeness (QED) is 0.875. The number of hydrogen-bond donors (Lipinski definition) is 1. The van der Waals surface area contributed by atoms with Gasteiger partial charge in [0.2, 0.25) is 5.91 Å². The number of likely N-dealkylation sites (tertiary alicyclic amines) is 1. The van der Waals surface area contributed by atoms with E-state index in [-0.39, 0.29) is 0 Å². The van der Waals surface area contributed by atoms with Crippen LogP contribution in [-0.4, -0.2) is 35.6 Å². The molecule has 0 saturated carbocycles. The summed E-state index contributed by atoms with van der Waals surface area (Å²) in [6.45, 7) is 7.78. The number of nitrogens with one attached hydrogen (secondary N) is 1. The van der Waals surface area contributed by atoms with Gasteiger partial charge in [-0.1, -0.05) is 13.0 Å². The number of carbonyl (C=O) groups is 2. The summed E-state index contributed by atoms with van der Waals surface area (Å²) in [7, 11) is 0. The third kappa shape index (κ3) is 4.67. The van der Waals surface area contributed by atoms with Crippen LogP contribution < -0.4 is 5.32 Å². The summed E-state index contributed by atoms with van der Waals surface area (Å²) in [4.78, 5) is 26.1. The summed E-state index contributed by atoms with van der Waals surface area (Å²) in [5.41, 5.74) is -1.84. The zero-order valence-corrected chi connectivity index (χ0v) is 15.0. The largest absolute Gasteiger partial charge is 0.444 e. The molecule has 1 heterocycles. The molecule has 1 aliphatic rings. The molecule has 0 atom stereocenters. The van der Waals surface area contributed by atoms with Crippen LogP contribution in [0, 0.1) is 17.0 Å². The van der Waals surface area contributed by atoms with Crippen LogP contribution in [0.1, 0.15) is 40.5 Å². The van der Waals surface area contributed by atoms with Gasteiger partial charge in [-0.3, -0.25) is 4.79 Å². The topological polar surface area (TPSA) is 58.6 Å². The van der Waals surface area contributed by atoms with Crippen molar-refractivity contribution in [2.45, 2.75) is 46.1 Å². The monoisotopic (exact) mass is 354 g/mol. The number of anilines is 1. The number of benzene rings is 1. The minimum absolute atomic E-state index is 0.346. The standard InChI is InChI=1S/C18H24F2N2O3/c1-17(2,3)25-16(24)22-10-8-18(4,9-11-22)15(23)21-14-12(19)6-5-7-13(14)20/h5-7H,8-11H2,1-4H3,(H,21,23). The van der Waals surface area contributed by atoms with Gasteiger partial charge in [0.1, 0.15) is 22.9 Å². The van der Waals surface area contributed by atoms with Gasteiger partial charge in [-0.15, -0.1) is 0 Å². The third-order valence-electron chi connectivity index (χ3n) is 4.27. The number of hydrogen-bond acceptors (Lipinski definition) is 3. The van der Waals surface area contributed by atoms with Crippen molar-refractivity contribution in [1.29, 1.82) is 0 Å². The lowest BCUT2D eigenvalue weighted by Crippen LogP contribution is -2.48. The first-order chi connectivity index (χ1) is 11.5. The highest BCUT2D eigenvalue weighted by molar-refractivity contribution is 5.95. The molecule has 1 N–H and O–H groups in total. The van der Waals surface area contributed by atoms with Crippen molar-refractivity contribution in [2.75, 3.05) is 18.4 Å². The Balaban J connectivity index is 2.00. The summed E-state index contributed by atoms with van der Waals surface area (Å²) in [5.74, 6) is -2.09. The molecule has 0 spiro atoms. The second-order valence-electron chi connectivity index (χ2n) is 7.58. The predicted octanol–water partition coefficient (Wildman–Crippen LogP) is 3.94. The normalized spacial score (nSPS) is 17.1. The van der Waals surface area contributed by atoms with Crippen molar-refractivity contribution in [1.82, 2.24) is 4.90 Å². The molecule has 1 aromatic rings. The first kappa shape index (κ1) is 19.1. The van der Waals surface area contributed by atoms with Gasteiger partial charge in [0.15, 0.2) is 0 Å². The van der Waals surface area contributed by atoms with E-state index in [1.165, 1.54) is 6.07 Å². The second kappa shape index (κ2) is 6.98. The Morgan fingerprint density at radius 1 is 1.16 bits per heavy atom. The first-order valence-electron chi connectivity index (χ1n) is 8.25. The molecule has 1 aromatic carbocycles. The SMILES string of the molecule is CC(C)(C)OC(=O)N1CCC(C)(C(=O)Nc2c(F)cccc2F)CC1. The summed E-state index contributed by atoms with van der Waals surface area (Å²) < 4.78 is 32.7. The van der Waals surface area contributed by atoms with Crippen molar-refractivity contribution < 1.29 is 23.1 Å². The smallest absolute Gasteiger partial charge is 0.410 e. The number of ether oxygens (including phenoxy) is 1. The van der Waals surface area contributed by atoms with Crippen molar-refractivity contribution >= 4 is 17.7 Å². The van der Waals surface area contributed by atoms with Crippen LogP contribution in [0.2, 0.25) is 0 Å². The van der Waals surface area contributed by atoms with Crippen molar-refractivity contribution in [3.8, 4) is 0 Å². The molecule has 0 radical (unpaired) electrons.